The second-order valence-corrected chi connectivity index (χ2v) is 9.68. The maximum absolute atomic E-state index is 13.2. The molecule has 3 rings (SSSR count). The van der Waals surface area contributed by atoms with E-state index in [1.165, 1.54) is 10.4 Å². The van der Waals surface area contributed by atoms with Gasteiger partial charge in [-0.25, -0.2) is 8.42 Å². The van der Waals surface area contributed by atoms with Crippen molar-refractivity contribution in [2.75, 3.05) is 31.6 Å². The number of carbonyl (C=O) groups is 1. The maximum atomic E-state index is 13.2. The number of ether oxygens (including phenoxy) is 2. The van der Waals surface area contributed by atoms with E-state index in [-0.39, 0.29) is 23.2 Å². The molecule has 0 aromatic heterocycles. The van der Waals surface area contributed by atoms with Gasteiger partial charge in [-0.2, -0.15) is 4.31 Å². The Morgan fingerprint density at radius 1 is 1.10 bits per heavy atom. The Morgan fingerprint density at radius 2 is 1.87 bits per heavy atom. The first-order valence-electron chi connectivity index (χ1n) is 9.85. The SMILES string of the molecule is CCOc1ccc(NC(=O)COc2cccc(Br)c2)cc1S(=O)(=O)N1CCCCC1. The molecule has 0 aliphatic carbocycles. The van der Waals surface area contributed by atoms with Gasteiger partial charge in [0.1, 0.15) is 16.4 Å². The zero-order chi connectivity index (χ0) is 21.6. The Hall–Kier alpha value is -2.10. The van der Waals surface area contributed by atoms with E-state index in [4.69, 9.17) is 9.47 Å². The summed E-state index contributed by atoms with van der Waals surface area (Å²) in [5, 5.41) is 2.70. The lowest BCUT2D eigenvalue weighted by molar-refractivity contribution is -0.118. The lowest BCUT2D eigenvalue weighted by atomic mass is 10.2. The molecule has 1 N–H and O–H groups in total. The minimum Gasteiger partial charge on any atom is -0.492 e. The monoisotopic (exact) mass is 496 g/mol. The summed E-state index contributed by atoms with van der Waals surface area (Å²) >= 11 is 3.35. The number of carbonyl (C=O) groups excluding carboxylic acids is 1. The van der Waals surface area contributed by atoms with Crippen LogP contribution in [0.5, 0.6) is 11.5 Å². The van der Waals surface area contributed by atoms with Crippen LogP contribution in [0.4, 0.5) is 5.69 Å². The second-order valence-electron chi connectivity index (χ2n) is 6.85. The molecule has 2 aromatic carbocycles. The number of benzene rings is 2. The number of hydrogen-bond acceptors (Lipinski definition) is 5. The fraction of sp³-hybridized carbons (Fsp3) is 0.381. The maximum Gasteiger partial charge on any atom is 0.262 e. The van der Waals surface area contributed by atoms with Gasteiger partial charge in [0.2, 0.25) is 10.0 Å². The van der Waals surface area contributed by atoms with Crippen LogP contribution in [0.15, 0.2) is 51.8 Å². The number of anilines is 1. The summed E-state index contributed by atoms with van der Waals surface area (Å²) in [5.41, 5.74) is 0.372. The molecule has 0 atom stereocenters. The number of nitrogens with zero attached hydrogens (tertiary/aromatic N) is 1. The Labute approximate surface area is 185 Å². The Kier molecular flexibility index (Phi) is 7.74. The Morgan fingerprint density at radius 3 is 2.57 bits per heavy atom. The van der Waals surface area contributed by atoms with Crippen molar-refractivity contribution < 1.29 is 22.7 Å². The molecule has 0 radical (unpaired) electrons. The third-order valence-corrected chi connectivity index (χ3v) is 7.04. The highest BCUT2D eigenvalue weighted by atomic mass is 79.9. The van der Waals surface area contributed by atoms with Crippen molar-refractivity contribution in [3.63, 3.8) is 0 Å². The van der Waals surface area contributed by atoms with Gasteiger partial charge in [0.05, 0.1) is 6.61 Å². The summed E-state index contributed by atoms with van der Waals surface area (Å²) in [4.78, 5) is 12.4. The topological polar surface area (TPSA) is 84.9 Å². The summed E-state index contributed by atoms with van der Waals surface area (Å²) < 4.78 is 39.7. The van der Waals surface area contributed by atoms with Gasteiger partial charge in [-0.05, 0) is 56.2 Å². The summed E-state index contributed by atoms with van der Waals surface area (Å²) in [6, 6.07) is 11.8. The predicted molar refractivity (Wildman–Crippen MR) is 118 cm³/mol. The fourth-order valence-corrected chi connectivity index (χ4v) is 5.26. The summed E-state index contributed by atoms with van der Waals surface area (Å²) in [5.74, 6) is 0.450. The van der Waals surface area contributed by atoms with Crippen LogP contribution in [0.3, 0.4) is 0 Å². The molecule has 9 heteroatoms. The van der Waals surface area contributed by atoms with Crippen LogP contribution in [0.1, 0.15) is 26.2 Å². The molecule has 30 heavy (non-hydrogen) atoms. The van der Waals surface area contributed by atoms with E-state index in [0.717, 1.165) is 23.7 Å². The van der Waals surface area contributed by atoms with Gasteiger partial charge in [0.25, 0.3) is 5.91 Å². The number of sulfonamides is 1. The highest BCUT2D eigenvalue weighted by molar-refractivity contribution is 9.10. The van der Waals surface area contributed by atoms with Crippen molar-refractivity contribution in [2.24, 2.45) is 0 Å². The summed E-state index contributed by atoms with van der Waals surface area (Å²) in [6.45, 7) is 2.93. The second kappa shape index (κ2) is 10.3. The van der Waals surface area contributed by atoms with Gasteiger partial charge in [-0.1, -0.05) is 28.4 Å². The van der Waals surface area contributed by atoms with Crippen molar-refractivity contribution >= 4 is 37.5 Å². The van der Waals surface area contributed by atoms with Gasteiger partial charge in [0.15, 0.2) is 6.61 Å². The van der Waals surface area contributed by atoms with Crippen LogP contribution in [0.2, 0.25) is 0 Å². The molecule has 0 unspecified atom stereocenters. The number of rotatable bonds is 8. The Balaban J connectivity index is 1.75. The lowest BCUT2D eigenvalue weighted by Gasteiger charge is -2.27. The van der Waals surface area contributed by atoms with Crippen molar-refractivity contribution in [1.82, 2.24) is 4.31 Å². The van der Waals surface area contributed by atoms with Crippen molar-refractivity contribution in [1.29, 1.82) is 0 Å². The molecule has 1 heterocycles. The van der Waals surface area contributed by atoms with E-state index in [1.807, 2.05) is 12.1 Å². The van der Waals surface area contributed by atoms with Crippen LogP contribution in [-0.2, 0) is 14.8 Å². The van der Waals surface area contributed by atoms with Gasteiger partial charge in [-0.15, -0.1) is 0 Å². The van der Waals surface area contributed by atoms with Crippen LogP contribution < -0.4 is 14.8 Å². The predicted octanol–water partition coefficient (Wildman–Crippen LogP) is 4.04. The fourth-order valence-electron chi connectivity index (χ4n) is 3.21. The van der Waals surface area contributed by atoms with Crippen molar-refractivity contribution in [2.45, 2.75) is 31.1 Å². The first-order valence-corrected chi connectivity index (χ1v) is 12.1. The van der Waals surface area contributed by atoms with Gasteiger partial charge >= 0.3 is 0 Å². The quantitative estimate of drug-likeness (QED) is 0.595. The molecule has 1 fully saturated rings. The van der Waals surface area contributed by atoms with E-state index >= 15 is 0 Å². The normalized spacial score (nSPS) is 14.9. The Bertz CT molecular complexity index is 991. The summed E-state index contributed by atoms with van der Waals surface area (Å²) in [6.07, 6.45) is 2.71. The number of halogens is 1. The molecule has 1 aliphatic heterocycles. The molecular weight excluding hydrogens is 472 g/mol. The molecule has 0 spiro atoms. The molecule has 1 aliphatic rings. The van der Waals surface area contributed by atoms with E-state index < -0.39 is 10.0 Å². The van der Waals surface area contributed by atoms with E-state index in [2.05, 4.69) is 21.2 Å². The molecule has 162 valence electrons. The molecule has 2 aromatic rings. The van der Waals surface area contributed by atoms with Crippen LogP contribution in [0.25, 0.3) is 0 Å². The first-order chi connectivity index (χ1) is 14.4. The van der Waals surface area contributed by atoms with E-state index in [9.17, 15) is 13.2 Å². The van der Waals surface area contributed by atoms with Crippen molar-refractivity contribution in [3.05, 3.63) is 46.9 Å². The highest BCUT2D eigenvalue weighted by Gasteiger charge is 2.29. The number of hydrogen-bond donors (Lipinski definition) is 1. The third-order valence-electron chi connectivity index (χ3n) is 4.63. The highest BCUT2D eigenvalue weighted by Crippen LogP contribution is 2.31. The molecular formula is C21H25BrN2O5S. The summed E-state index contributed by atoms with van der Waals surface area (Å²) in [7, 11) is -3.71. The molecule has 1 saturated heterocycles. The van der Waals surface area contributed by atoms with Crippen LogP contribution in [-0.4, -0.2) is 44.9 Å². The zero-order valence-corrected chi connectivity index (χ0v) is 19.2. The van der Waals surface area contributed by atoms with Crippen LogP contribution in [0, 0.1) is 0 Å². The first kappa shape index (κ1) is 22.6. The third kappa shape index (κ3) is 5.74. The molecule has 7 nitrogen and oxygen atoms in total. The lowest BCUT2D eigenvalue weighted by Crippen LogP contribution is -2.35. The average Bonchev–Trinajstić information content (AvgIpc) is 2.74. The molecule has 0 bridgehead atoms. The average molecular weight is 497 g/mol. The molecule has 0 saturated carbocycles. The van der Waals surface area contributed by atoms with E-state index in [0.29, 0.717) is 31.1 Å². The van der Waals surface area contributed by atoms with Gasteiger partial charge in [-0.3, -0.25) is 4.79 Å². The smallest absolute Gasteiger partial charge is 0.262 e. The van der Waals surface area contributed by atoms with Gasteiger partial charge in [0, 0.05) is 23.2 Å². The number of amides is 1. The molecule has 1 amide bonds. The largest absolute Gasteiger partial charge is 0.492 e. The zero-order valence-electron chi connectivity index (χ0n) is 16.8. The van der Waals surface area contributed by atoms with Crippen LogP contribution >= 0.6 is 15.9 Å². The number of nitrogens with one attached hydrogen (secondary N) is 1. The standard InChI is InChI=1S/C21H25BrN2O5S/c1-2-28-19-10-9-17(14-20(19)30(26,27)24-11-4-3-5-12-24)23-21(25)15-29-18-8-6-7-16(22)13-18/h6-10,13-14H,2-5,11-12,15H2,1H3,(H,23,25). The van der Waals surface area contributed by atoms with E-state index in [1.54, 1.807) is 31.2 Å². The van der Waals surface area contributed by atoms with Gasteiger partial charge < -0.3 is 14.8 Å². The minimum absolute atomic E-state index is 0.0666. The van der Waals surface area contributed by atoms with Crippen molar-refractivity contribution in [3.8, 4) is 11.5 Å². The minimum atomic E-state index is -3.71. The number of piperidine rings is 1.